The highest BCUT2D eigenvalue weighted by Crippen LogP contribution is 2.33. The number of amides is 1. The molecule has 164 valence electrons. The molecule has 1 aliphatic heterocycles. The van der Waals surface area contributed by atoms with Crippen LogP contribution in [0.3, 0.4) is 0 Å². The van der Waals surface area contributed by atoms with Crippen LogP contribution in [0.1, 0.15) is 55.5 Å². The van der Waals surface area contributed by atoms with E-state index in [4.69, 9.17) is 14.5 Å². The van der Waals surface area contributed by atoms with E-state index in [1.165, 1.54) is 5.56 Å². The van der Waals surface area contributed by atoms with Crippen molar-refractivity contribution in [1.82, 2.24) is 4.98 Å². The Morgan fingerprint density at radius 3 is 2.90 bits per heavy atom. The second kappa shape index (κ2) is 10.2. The maximum Gasteiger partial charge on any atom is 0.260 e. The van der Waals surface area contributed by atoms with Gasteiger partial charge in [0.2, 0.25) is 0 Å². The second-order valence-electron chi connectivity index (χ2n) is 7.89. The van der Waals surface area contributed by atoms with Crippen LogP contribution < -0.4 is 9.64 Å². The topological polar surface area (TPSA) is 51.7 Å². The molecule has 0 radical (unpaired) electrons. The molecule has 2 aromatic carbocycles. The highest BCUT2D eigenvalue weighted by atomic mass is 32.1. The fraction of sp³-hybridized carbons (Fsp3) is 0.440. The monoisotopic (exact) mass is 438 g/mol. The molecule has 0 spiro atoms. The molecule has 1 aliphatic rings. The Morgan fingerprint density at radius 2 is 2.13 bits per heavy atom. The first-order valence-electron chi connectivity index (χ1n) is 11.2. The van der Waals surface area contributed by atoms with E-state index in [1.807, 2.05) is 24.3 Å². The average Bonchev–Trinajstić information content (AvgIpc) is 3.47. The van der Waals surface area contributed by atoms with Crippen LogP contribution in [0.2, 0.25) is 0 Å². The molecule has 1 amide bonds. The lowest BCUT2D eigenvalue weighted by molar-refractivity contribution is 0.0917. The molecule has 0 N–H and O–H groups in total. The lowest BCUT2D eigenvalue weighted by Gasteiger charge is -2.23. The van der Waals surface area contributed by atoms with Crippen LogP contribution in [-0.2, 0) is 11.2 Å². The van der Waals surface area contributed by atoms with Crippen molar-refractivity contribution >= 4 is 32.6 Å². The van der Waals surface area contributed by atoms with E-state index in [2.05, 4.69) is 32.0 Å². The van der Waals surface area contributed by atoms with E-state index in [1.54, 1.807) is 16.2 Å². The smallest absolute Gasteiger partial charge is 0.260 e. The van der Waals surface area contributed by atoms with Gasteiger partial charge in [-0.15, -0.1) is 0 Å². The number of aryl methyl sites for hydroxylation is 1. The normalized spacial score (nSPS) is 16.0. The molecule has 31 heavy (non-hydrogen) atoms. The van der Waals surface area contributed by atoms with Crippen LogP contribution in [0, 0.1) is 0 Å². The van der Waals surface area contributed by atoms with Gasteiger partial charge in [-0.25, -0.2) is 4.98 Å². The average molecular weight is 439 g/mol. The van der Waals surface area contributed by atoms with Crippen LogP contribution in [-0.4, -0.2) is 36.8 Å². The summed E-state index contributed by atoms with van der Waals surface area (Å²) in [7, 11) is 0. The van der Waals surface area contributed by atoms with Gasteiger partial charge in [-0.2, -0.15) is 0 Å². The standard InChI is InChI=1S/C25H30N2O3S/c1-3-5-14-29-20-11-6-10-19(16-20)24(28)27(17-21-12-8-15-30-21)25-26-23-18(4-2)9-7-13-22(23)31-25/h6-7,9-11,13,16,21H,3-5,8,12,14-15,17H2,1-2H3. The summed E-state index contributed by atoms with van der Waals surface area (Å²) in [6.07, 6.45) is 5.03. The number of rotatable bonds is 9. The number of thiazole rings is 1. The molecular weight excluding hydrogens is 408 g/mol. The molecule has 1 fully saturated rings. The molecule has 1 saturated heterocycles. The summed E-state index contributed by atoms with van der Waals surface area (Å²) < 4.78 is 12.8. The molecule has 2 heterocycles. The summed E-state index contributed by atoms with van der Waals surface area (Å²) in [4.78, 5) is 20.3. The van der Waals surface area contributed by atoms with Crippen molar-refractivity contribution in [3.63, 3.8) is 0 Å². The maximum atomic E-state index is 13.6. The maximum absolute atomic E-state index is 13.6. The largest absolute Gasteiger partial charge is 0.494 e. The minimum atomic E-state index is -0.0615. The van der Waals surface area contributed by atoms with E-state index in [0.717, 1.165) is 59.8 Å². The molecule has 0 aliphatic carbocycles. The van der Waals surface area contributed by atoms with E-state index in [-0.39, 0.29) is 12.0 Å². The molecule has 1 unspecified atom stereocenters. The van der Waals surface area contributed by atoms with E-state index in [9.17, 15) is 4.79 Å². The Morgan fingerprint density at radius 1 is 1.26 bits per heavy atom. The quantitative estimate of drug-likeness (QED) is 0.393. The van der Waals surface area contributed by atoms with Crippen molar-refractivity contribution in [3.05, 3.63) is 53.6 Å². The molecule has 0 saturated carbocycles. The van der Waals surface area contributed by atoms with Crippen LogP contribution >= 0.6 is 11.3 Å². The first-order valence-corrected chi connectivity index (χ1v) is 12.1. The van der Waals surface area contributed by atoms with Crippen molar-refractivity contribution in [2.24, 2.45) is 0 Å². The third kappa shape index (κ3) is 5.08. The zero-order chi connectivity index (χ0) is 21.6. The Hall–Kier alpha value is -2.44. The fourth-order valence-corrected chi connectivity index (χ4v) is 4.86. The van der Waals surface area contributed by atoms with Gasteiger partial charge in [-0.1, -0.05) is 49.8 Å². The van der Waals surface area contributed by atoms with E-state index >= 15 is 0 Å². The number of nitrogens with zero attached hydrogens (tertiary/aromatic N) is 2. The predicted molar refractivity (Wildman–Crippen MR) is 126 cm³/mol. The Balaban J connectivity index is 1.65. The fourth-order valence-electron chi connectivity index (χ4n) is 3.84. The number of aromatic nitrogens is 1. The third-order valence-corrected chi connectivity index (χ3v) is 6.65. The van der Waals surface area contributed by atoms with Crippen molar-refractivity contribution in [2.75, 3.05) is 24.7 Å². The number of unbranched alkanes of at least 4 members (excludes halogenated alkanes) is 1. The zero-order valence-electron chi connectivity index (χ0n) is 18.3. The van der Waals surface area contributed by atoms with Crippen LogP contribution in [0.25, 0.3) is 10.2 Å². The van der Waals surface area contributed by atoms with Gasteiger partial charge in [0.15, 0.2) is 5.13 Å². The predicted octanol–water partition coefficient (Wildman–Crippen LogP) is 5.86. The van der Waals surface area contributed by atoms with Gasteiger partial charge in [0.25, 0.3) is 5.91 Å². The lowest BCUT2D eigenvalue weighted by Crippen LogP contribution is -2.37. The van der Waals surface area contributed by atoms with Crippen molar-refractivity contribution in [3.8, 4) is 5.75 Å². The van der Waals surface area contributed by atoms with Crippen molar-refractivity contribution in [1.29, 1.82) is 0 Å². The molecular formula is C25H30N2O3S. The minimum Gasteiger partial charge on any atom is -0.494 e. The molecule has 0 bridgehead atoms. The van der Waals surface area contributed by atoms with Gasteiger partial charge in [0.1, 0.15) is 5.75 Å². The van der Waals surface area contributed by atoms with Crippen molar-refractivity contribution < 1.29 is 14.3 Å². The van der Waals surface area contributed by atoms with Gasteiger partial charge >= 0.3 is 0 Å². The molecule has 6 heteroatoms. The van der Waals surface area contributed by atoms with E-state index in [0.29, 0.717) is 18.7 Å². The number of fused-ring (bicyclic) bond motifs is 1. The van der Waals surface area contributed by atoms with E-state index < -0.39 is 0 Å². The molecule has 1 atom stereocenters. The molecule has 3 aromatic rings. The van der Waals surface area contributed by atoms with Crippen molar-refractivity contribution in [2.45, 2.75) is 52.1 Å². The summed E-state index contributed by atoms with van der Waals surface area (Å²) in [6.45, 7) is 6.20. The Bertz CT molecular complexity index is 1030. The SMILES string of the molecule is CCCCOc1cccc(C(=O)N(CC2CCCO2)c2nc3c(CC)cccc3s2)c1. The Labute approximate surface area is 188 Å². The first-order chi connectivity index (χ1) is 15.2. The molecule has 5 nitrogen and oxygen atoms in total. The number of hydrogen-bond donors (Lipinski definition) is 0. The number of anilines is 1. The number of para-hydroxylation sites is 1. The van der Waals surface area contributed by atoms with Gasteiger partial charge < -0.3 is 9.47 Å². The van der Waals surface area contributed by atoms with Crippen LogP contribution in [0.5, 0.6) is 5.75 Å². The van der Waals surface area contributed by atoms with Crippen LogP contribution in [0.15, 0.2) is 42.5 Å². The van der Waals surface area contributed by atoms with Crippen LogP contribution in [0.4, 0.5) is 5.13 Å². The zero-order valence-corrected chi connectivity index (χ0v) is 19.1. The summed E-state index contributed by atoms with van der Waals surface area (Å²) in [5.41, 5.74) is 2.81. The summed E-state index contributed by atoms with van der Waals surface area (Å²) in [5.74, 6) is 0.669. The first kappa shape index (κ1) is 21.8. The molecule has 4 rings (SSSR count). The van der Waals surface area contributed by atoms with Gasteiger partial charge in [-0.3, -0.25) is 9.69 Å². The lowest BCUT2D eigenvalue weighted by atomic mass is 10.1. The number of carbonyl (C=O) groups is 1. The summed E-state index contributed by atoms with van der Waals surface area (Å²) in [5, 5.41) is 0.730. The third-order valence-electron chi connectivity index (χ3n) is 5.61. The van der Waals surface area contributed by atoms with Gasteiger partial charge in [0.05, 0.1) is 29.5 Å². The Kier molecular flexibility index (Phi) is 7.20. The van der Waals surface area contributed by atoms with Gasteiger partial charge in [0, 0.05) is 12.2 Å². The number of ether oxygens (including phenoxy) is 2. The second-order valence-corrected chi connectivity index (χ2v) is 8.90. The summed E-state index contributed by atoms with van der Waals surface area (Å²) in [6, 6.07) is 13.7. The molecule has 1 aromatic heterocycles. The highest BCUT2D eigenvalue weighted by molar-refractivity contribution is 7.22. The number of hydrogen-bond acceptors (Lipinski definition) is 5. The number of carbonyl (C=O) groups excluding carboxylic acids is 1. The van der Waals surface area contributed by atoms with Gasteiger partial charge in [-0.05, 0) is 55.5 Å². The highest BCUT2D eigenvalue weighted by Gasteiger charge is 2.27. The summed E-state index contributed by atoms with van der Waals surface area (Å²) >= 11 is 1.57. The number of benzene rings is 2. The minimum absolute atomic E-state index is 0.0468.